The Kier molecular flexibility index (Phi) is 3.78. The fraction of sp³-hybridized carbons (Fsp3) is 0.500. The maximum atomic E-state index is 10.2. The number of hydrogen-bond donors (Lipinski definition) is 2. The Balaban J connectivity index is 3.11. The average Bonchev–Trinajstić information content (AvgIpc) is 1.83. The van der Waals surface area contributed by atoms with E-state index in [0.29, 0.717) is 6.41 Å². The number of hydrogen-bond acceptors (Lipinski definition) is 3. The van der Waals surface area contributed by atoms with Gasteiger partial charge in [0.05, 0.1) is 13.1 Å². The summed E-state index contributed by atoms with van der Waals surface area (Å²) in [6, 6.07) is 0. The normalized spacial score (nSPS) is 8.12. The molecular weight excluding hydrogens is 108 g/mol. The third-order valence-electron chi connectivity index (χ3n) is 0.610. The molecule has 0 aliphatic rings. The van der Waals surface area contributed by atoms with Gasteiger partial charge in [-0.25, -0.2) is 0 Å². The van der Waals surface area contributed by atoms with Gasteiger partial charge in [-0.15, -0.1) is 0 Å². The van der Waals surface area contributed by atoms with Crippen LogP contribution in [0.3, 0.4) is 0 Å². The van der Waals surface area contributed by atoms with Gasteiger partial charge in [-0.1, -0.05) is 0 Å². The Labute approximate surface area is 47.0 Å². The van der Waals surface area contributed by atoms with Crippen LogP contribution in [0.1, 0.15) is 0 Å². The quantitative estimate of drug-likeness (QED) is 0.428. The van der Waals surface area contributed by atoms with E-state index in [-0.39, 0.29) is 18.9 Å². The van der Waals surface area contributed by atoms with Crippen molar-refractivity contribution in [2.45, 2.75) is 0 Å². The minimum atomic E-state index is -0.169. The fourth-order valence-electron chi connectivity index (χ4n) is 0.228. The lowest BCUT2D eigenvalue weighted by molar-refractivity contribution is -0.119. The maximum Gasteiger partial charge on any atom is 0.207 e. The van der Waals surface area contributed by atoms with E-state index in [1.807, 2.05) is 0 Å². The topological polar surface area (TPSA) is 72.2 Å². The first kappa shape index (κ1) is 7.10. The van der Waals surface area contributed by atoms with E-state index in [2.05, 4.69) is 5.32 Å². The second kappa shape index (κ2) is 4.26. The number of ketones is 1. The van der Waals surface area contributed by atoms with Gasteiger partial charge in [0.1, 0.15) is 0 Å². The number of amides is 1. The summed E-state index contributed by atoms with van der Waals surface area (Å²) >= 11 is 0. The standard InChI is InChI=1S/C4H8N2O2/c5-1-4(8)2-6-3-7/h3H,1-2,5H2,(H,6,7). The van der Waals surface area contributed by atoms with Crippen molar-refractivity contribution in [3.63, 3.8) is 0 Å². The highest BCUT2D eigenvalue weighted by atomic mass is 16.1. The lowest BCUT2D eigenvalue weighted by Crippen LogP contribution is -2.26. The van der Waals surface area contributed by atoms with Crippen molar-refractivity contribution in [2.75, 3.05) is 13.1 Å². The third-order valence-corrected chi connectivity index (χ3v) is 0.610. The van der Waals surface area contributed by atoms with E-state index < -0.39 is 0 Å². The summed E-state index contributed by atoms with van der Waals surface area (Å²) in [5.74, 6) is -0.169. The Morgan fingerprint density at radius 2 is 2.38 bits per heavy atom. The summed E-state index contributed by atoms with van der Waals surface area (Å²) in [7, 11) is 0. The zero-order chi connectivity index (χ0) is 6.41. The molecule has 0 bridgehead atoms. The van der Waals surface area contributed by atoms with Crippen molar-refractivity contribution in [3.8, 4) is 0 Å². The molecule has 0 spiro atoms. The fourth-order valence-corrected chi connectivity index (χ4v) is 0.228. The van der Waals surface area contributed by atoms with Gasteiger partial charge in [-0.2, -0.15) is 0 Å². The van der Waals surface area contributed by atoms with Gasteiger partial charge >= 0.3 is 0 Å². The van der Waals surface area contributed by atoms with Crippen LogP contribution in [0.15, 0.2) is 0 Å². The highest BCUT2D eigenvalue weighted by Gasteiger charge is 1.92. The Morgan fingerprint density at radius 1 is 1.75 bits per heavy atom. The molecule has 0 atom stereocenters. The summed E-state index contributed by atoms with van der Waals surface area (Å²) in [6.07, 6.45) is 0.466. The third kappa shape index (κ3) is 3.30. The molecule has 0 aliphatic heterocycles. The molecule has 0 fully saturated rings. The number of rotatable bonds is 4. The molecule has 0 aromatic rings. The van der Waals surface area contributed by atoms with Crippen LogP contribution in [0.2, 0.25) is 0 Å². The van der Waals surface area contributed by atoms with E-state index >= 15 is 0 Å². The van der Waals surface area contributed by atoms with Gasteiger partial charge in [0.25, 0.3) is 0 Å². The van der Waals surface area contributed by atoms with Crippen molar-refractivity contribution in [1.29, 1.82) is 0 Å². The Morgan fingerprint density at radius 3 is 2.75 bits per heavy atom. The Hall–Kier alpha value is -0.900. The van der Waals surface area contributed by atoms with E-state index in [9.17, 15) is 9.59 Å². The second-order valence-corrected chi connectivity index (χ2v) is 1.24. The molecule has 0 aromatic heterocycles. The molecule has 4 nitrogen and oxygen atoms in total. The number of nitrogens with one attached hydrogen (secondary N) is 1. The molecule has 46 valence electrons. The summed E-state index contributed by atoms with van der Waals surface area (Å²) in [4.78, 5) is 19.7. The summed E-state index contributed by atoms with van der Waals surface area (Å²) in [5, 5.41) is 2.19. The molecule has 0 saturated heterocycles. The molecule has 3 N–H and O–H groups in total. The van der Waals surface area contributed by atoms with E-state index in [0.717, 1.165) is 0 Å². The zero-order valence-corrected chi connectivity index (χ0v) is 4.39. The molecule has 4 heteroatoms. The molecule has 0 heterocycles. The van der Waals surface area contributed by atoms with Crippen LogP contribution < -0.4 is 11.1 Å². The first-order valence-electron chi connectivity index (χ1n) is 2.20. The van der Waals surface area contributed by atoms with Gasteiger partial charge in [-0.05, 0) is 0 Å². The zero-order valence-electron chi connectivity index (χ0n) is 4.39. The first-order valence-corrected chi connectivity index (χ1v) is 2.20. The smallest absolute Gasteiger partial charge is 0.207 e. The monoisotopic (exact) mass is 116 g/mol. The SMILES string of the molecule is NCC(=O)CNC=O. The summed E-state index contributed by atoms with van der Waals surface area (Å²) in [6.45, 7) is 0.0286. The van der Waals surface area contributed by atoms with Crippen molar-refractivity contribution in [3.05, 3.63) is 0 Å². The van der Waals surface area contributed by atoms with Crippen LogP contribution in [-0.2, 0) is 9.59 Å². The minimum Gasteiger partial charge on any atom is -0.352 e. The molecule has 0 rings (SSSR count). The van der Waals surface area contributed by atoms with Gasteiger partial charge in [0, 0.05) is 0 Å². The van der Waals surface area contributed by atoms with Gasteiger partial charge in [-0.3, -0.25) is 9.59 Å². The number of carbonyl (C=O) groups excluding carboxylic acids is 2. The van der Waals surface area contributed by atoms with Crippen LogP contribution in [0.5, 0.6) is 0 Å². The van der Waals surface area contributed by atoms with Crippen LogP contribution in [0.25, 0.3) is 0 Å². The molecule has 0 aromatic carbocycles. The van der Waals surface area contributed by atoms with E-state index in [1.54, 1.807) is 0 Å². The second-order valence-electron chi connectivity index (χ2n) is 1.24. The molecule has 1 amide bonds. The number of carbonyl (C=O) groups is 2. The van der Waals surface area contributed by atoms with Crippen LogP contribution in [-0.4, -0.2) is 25.3 Å². The maximum absolute atomic E-state index is 10.2. The van der Waals surface area contributed by atoms with Crippen molar-refractivity contribution >= 4 is 12.2 Å². The summed E-state index contributed by atoms with van der Waals surface area (Å²) < 4.78 is 0. The first-order chi connectivity index (χ1) is 3.81. The molecule has 0 unspecified atom stereocenters. The predicted molar refractivity (Wildman–Crippen MR) is 28.1 cm³/mol. The predicted octanol–water partition coefficient (Wildman–Crippen LogP) is -1.74. The van der Waals surface area contributed by atoms with Crippen LogP contribution in [0, 0.1) is 0 Å². The number of Topliss-reactive ketones (excluding diaryl/α,β-unsaturated/α-hetero) is 1. The highest BCUT2D eigenvalue weighted by Crippen LogP contribution is 1.58. The van der Waals surface area contributed by atoms with E-state index in [1.165, 1.54) is 0 Å². The average molecular weight is 116 g/mol. The Bertz CT molecular complexity index is 92.0. The summed E-state index contributed by atoms with van der Waals surface area (Å²) in [5.41, 5.74) is 4.91. The number of nitrogens with two attached hydrogens (primary N) is 1. The molecule has 0 radical (unpaired) electrons. The van der Waals surface area contributed by atoms with Crippen molar-refractivity contribution in [2.24, 2.45) is 5.73 Å². The minimum absolute atomic E-state index is 0.0131. The molecule has 8 heavy (non-hydrogen) atoms. The lowest BCUT2D eigenvalue weighted by atomic mass is 10.4. The van der Waals surface area contributed by atoms with Crippen LogP contribution in [0.4, 0.5) is 0 Å². The molecular formula is C4H8N2O2. The lowest BCUT2D eigenvalue weighted by Gasteiger charge is -1.91. The van der Waals surface area contributed by atoms with Gasteiger partial charge in [0.15, 0.2) is 5.78 Å². The van der Waals surface area contributed by atoms with Crippen molar-refractivity contribution < 1.29 is 9.59 Å². The van der Waals surface area contributed by atoms with E-state index in [4.69, 9.17) is 5.73 Å². The van der Waals surface area contributed by atoms with Crippen LogP contribution >= 0.6 is 0 Å². The van der Waals surface area contributed by atoms with Gasteiger partial charge < -0.3 is 11.1 Å². The van der Waals surface area contributed by atoms with Crippen molar-refractivity contribution in [1.82, 2.24) is 5.32 Å². The largest absolute Gasteiger partial charge is 0.352 e. The highest BCUT2D eigenvalue weighted by molar-refractivity contribution is 5.83. The molecule has 0 aliphatic carbocycles. The molecule has 0 saturated carbocycles. The van der Waals surface area contributed by atoms with Gasteiger partial charge in [0.2, 0.25) is 6.41 Å².